The summed E-state index contributed by atoms with van der Waals surface area (Å²) in [5.41, 5.74) is 0.733. The van der Waals surface area contributed by atoms with Gasteiger partial charge in [0.1, 0.15) is 0 Å². The van der Waals surface area contributed by atoms with Gasteiger partial charge in [0.2, 0.25) is 0 Å². The van der Waals surface area contributed by atoms with Crippen LogP contribution in [0.2, 0.25) is 0 Å². The van der Waals surface area contributed by atoms with Crippen LogP contribution < -0.4 is 10.6 Å². The average molecular weight is 435 g/mol. The van der Waals surface area contributed by atoms with Gasteiger partial charge >= 0.3 is 0 Å². The van der Waals surface area contributed by atoms with Gasteiger partial charge in [-0.05, 0) is 36.1 Å². The van der Waals surface area contributed by atoms with E-state index < -0.39 is 5.82 Å². The largest absolute Gasteiger partial charge is 0.505 e. The highest BCUT2D eigenvalue weighted by atomic mass is 127. The zero-order valence-corrected chi connectivity index (χ0v) is 15.5. The maximum absolute atomic E-state index is 13.3. The molecule has 120 valence electrons. The lowest BCUT2D eigenvalue weighted by Crippen LogP contribution is -2.38. The predicted octanol–water partition coefficient (Wildman–Crippen LogP) is 3.64. The smallest absolute Gasteiger partial charge is 0.191 e. The number of hydrogen-bond acceptors (Lipinski definition) is 3. The lowest BCUT2D eigenvalue weighted by atomic mass is 10.2. The second-order valence-electron chi connectivity index (χ2n) is 4.59. The highest BCUT2D eigenvalue weighted by Gasteiger charge is 2.08. The summed E-state index contributed by atoms with van der Waals surface area (Å²) in [6.07, 6.45) is 0. The monoisotopic (exact) mass is 435 g/mol. The number of nitrogens with zero attached hydrogens (tertiary/aromatic N) is 1. The molecule has 3 N–H and O–H groups in total. The van der Waals surface area contributed by atoms with Gasteiger partial charge in [-0.1, -0.05) is 12.1 Å². The zero-order chi connectivity index (χ0) is 15.2. The van der Waals surface area contributed by atoms with Gasteiger partial charge in [-0.3, -0.25) is 4.99 Å². The standard InChI is InChI=1S/C15H18FN3OS.HI/c1-10(14-4-3-7-21-14)19-15(17-2)18-9-11-5-6-13(20)12(16)8-11;/h3-8,10,20H,9H2,1-2H3,(H2,17,18,19);1H. The summed E-state index contributed by atoms with van der Waals surface area (Å²) in [6, 6.07) is 8.53. The molecule has 1 unspecified atom stereocenters. The number of guanidine groups is 1. The molecule has 0 amide bonds. The Kier molecular flexibility index (Phi) is 7.60. The fourth-order valence-electron chi connectivity index (χ4n) is 1.85. The van der Waals surface area contributed by atoms with Crippen LogP contribution in [0.1, 0.15) is 23.4 Å². The maximum atomic E-state index is 13.3. The van der Waals surface area contributed by atoms with Crippen molar-refractivity contribution in [3.05, 3.63) is 52.0 Å². The van der Waals surface area contributed by atoms with Crippen molar-refractivity contribution in [3.8, 4) is 5.75 Å². The average Bonchev–Trinajstić information content (AvgIpc) is 3.01. The molecule has 0 bridgehead atoms. The minimum Gasteiger partial charge on any atom is -0.505 e. The van der Waals surface area contributed by atoms with E-state index in [2.05, 4.69) is 28.6 Å². The van der Waals surface area contributed by atoms with E-state index in [9.17, 15) is 4.39 Å². The molecule has 0 fully saturated rings. The van der Waals surface area contributed by atoms with Gasteiger partial charge in [0.15, 0.2) is 17.5 Å². The summed E-state index contributed by atoms with van der Waals surface area (Å²) in [7, 11) is 1.69. The van der Waals surface area contributed by atoms with Gasteiger partial charge in [0, 0.05) is 18.5 Å². The van der Waals surface area contributed by atoms with Crippen molar-refractivity contribution in [3.63, 3.8) is 0 Å². The Labute approximate surface area is 150 Å². The lowest BCUT2D eigenvalue weighted by Gasteiger charge is -2.17. The molecule has 0 saturated carbocycles. The Morgan fingerprint density at radius 1 is 1.41 bits per heavy atom. The second-order valence-corrected chi connectivity index (χ2v) is 5.57. The molecule has 2 rings (SSSR count). The Morgan fingerprint density at radius 3 is 2.77 bits per heavy atom. The quantitative estimate of drug-likeness (QED) is 0.391. The van der Waals surface area contributed by atoms with Crippen LogP contribution in [-0.4, -0.2) is 18.1 Å². The van der Waals surface area contributed by atoms with Crippen molar-refractivity contribution in [2.24, 2.45) is 4.99 Å². The third kappa shape index (κ3) is 5.13. The van der Waals surface area contributed by atoms with Crippen molar-refractivity contribution in [2.75, 3.05) is 7.05 Å². The molecule has 0 radical (unpaired) electrons. The number of rotatable bonds is 4. The highest BCUT2D eigenvalue weighted by molar-refractivity contribution is 14.0. The fraction of sp³-hybridized carbons (Fsp3) is 0.267. The molecule has 1 heterocycles. The molecule has 0 aliphatic carbocycles. The van der Waals surface area contributed by atoms with Gasteiger partial charge in [0.25, 0.3) is 0 Å². The molecular weight excluding hydrogens is 416 g/mol. The van der Waals surface area contributed by atoms with Crippen LogP contribution in [0.3, 0.4) is 0 Å². The Hall–Kier alpha value is -1.35. The van der Waals surface area contributed by atoms with E-state index in [4.69, 9.17) is 5.11 Å². The second kappa shape index (κ2) is 8.94. The molecule has 2 aromatic rings. The van der Waals surface area contributed by atoms with Crippen molar-refractivity contribution in [1.82, 2.24) is 10.6 Å². The summed E-state index contributed by atoms with van der Waals surface area (Å²) in [5.74, 6) is -0.318. The molecule has 0 spiro atoms. The van der Waals surface area contributed by atoms with E-state index in [1.54, 1.807) is 24.5 Å². The first-order chi connectivity index (χ1) is 10.1. The van der Waals surface area contributed by atoms with E-state index >= 15 is 0 Å². The number of hydrogen-bond donors (Lipinski definition) is 3. The summed E-state index contributed by atoms with van der Waals surface area (Å²) in [5, 5.41) is 17.6. The molecule has 7 heteroatoms. The minimum atomic E-state index is -0.621. The molecule has 1 aromatic heterocycles. The molecule has 0 aliphatic rings. The van der Waals surface area contributed by atoms with E-state index in [1.165, 1.54) is 17.0 Å². The number of halogens is 2. The first-order valence-corrected chi connectivity index (χ1v) is 7.46. The zero-order valence-electron chi connectivity index (χ0n) is 12.3. The lowest BCUT2D eigenvalue weighted by molar-refractivity contribution is 0.431. The van der Waals surface area contributed by atoms with Crippen LogP contribution in [0.25, 0.3) is 0 Å². The van der Waals surface area contributed by atoms with Crippen molar-refractivity contribution in [1.29, 1.82) is 0 Å². The van der Waals surface area contributed by atoms with Crippen LogP contribution in [0, 0.1) is 5.82 Å². The summed E-state index contributed by atoms with van der Waals surface area (Å²) in [6.45, 7) is 2.48. The normalized spacial score (nSPS) is 12.4. The first kappa shape index (κ1) is 18.7. The number of aromatic hydroxyl groups is 1. The Bertz CT molecular complexity index is 619. The molecular formula is C15H19FIN3OS. The fourth-order valence-corrected chi connectivity index (χ4v) is 2.59. The van der Waals surface area contributed by atoms with Crippen molar-refractivity contribution in [2.45, 2.75) is 19.5 Å². The first-order valence-electron chi connectivity index (χ1n) is 6.58. The summed E-state index contributed by atoms with van der Waals surface area (Å²) >= 11 is 1.68. The molecule has 1 atom stereocenters. The number of nitrogens with one attached hydrogen (secondary N) is 2. The van der Waals surface area contributed by atoms with E-state index in [0.717, 1.165) is 5.56 Å². The molecule has 1 aromatic carbocycles. The van der Waals surface area contributed by atoms with Crippen LogP contribution in [0.4, 0.5) is 4.39 Å². The van der Waals surface area contributed by atoms with Gasteiger partial charge in [-0.25, -0.2) is 4.39 Å². The Morgan fingerprint density at radius 2 is 2.18 bits per heavy atom. The number of phenolic OH excluding ortho intramolecular Hbond substituents is 1. The van der Waals surface area contributed by atoms with Gasteiger partial charge in [0.05, 0.1) is 6.04 Å². The number of benzene rings is 1. The van der Waals surface area contributed by atoms with Crippen LogP contribution in [0.15, 0.2) is 40.7 Å². The highest BCUT2D eigenvalue weighted by Crippen LogP contribution is 2.18. The Balaban J connectivity index is 0.00000242. The maximum Gasteiger partial charge on any atom is 0.191 e. The number of phenols is 1. The minimum absolute atomic E-state index is 0. The van der Waals surface area contributed by atoms with Crippen LogP contribution >= 0.6 is 35.3 Å². The van der Waals surface area contributed by atoms with Crippen LogP contribution in [-0.2, 0) is 6.54 Å². The molecule has 4 nitrogen and oxygen atoms in total. The van der Waals surface area contributed by atoms with Crippen molar-refractivity contribution >= 4 is 41.3 Å². The molecule has 0 aliphatic heterocycles. The van der Waals surface area contributed by atoms with Gasteiger partial charge in [-0.15, -0.1) is 35.3 Å². The van der Waals surface area contributed by atoms with Crippen molar-refractivity contribution < 1.29 is 9.50 Å². The van der Waals surface area contributed by atoms with E-state index in [-0.39, 0.29) is 35.8 Å². The summed E-state index contributed by atoms with van der Waals surface area (Å²) < 4.78 is 13.3. The van der Waals surface area contributed by atoms with Crippen LogP contribution in [0.5, 0.6) is 5.75 Å². The van der Waals surface area contributed by atoms with E-state index in [0.29, 0.717) is 12.5 Å². The number of aliphatic imine (C=N–C) groups is 1. The molecule has 22 heavy (non-hydrogen) atoms. The predicted molar refractivity (Wildman–Crippen MR) is 99.5 cm³/mol. The topological polar surface area (TPSA) is 56.7 Å². The third-order valence-electron chi connectivity index (χ3n) is 3.02. The van der Waals surface area contributed by atoms with E-state index in [1.807, 2.05) is 11.4 Å². The SMILES string of the molecule is CN=C(NCc1ccc(O)c(F)c1)NC(C)c1cccs1.I. The van der Waals surface area contributed by atoms with Gasteiger partial charge < -0.3 is 15.7 Å². The molecule has 0 saturated heterocycles. The number of thiophene rings is 1. The summed E-state index contributed by atoms with van der Waals surface area (Å²) in [4.78, 5) is 5.37. The van der Waals surface area contributed by atoms with Gasteiger partial charge in [-0.2, -0.15) is 0 Å². The third-order valence-corrected chi connectivity index (χ3v) is 4.07.